The number of aromatic nitrogens is 2. The third kappa shape index (κ3) is 2.37. The second-order valence-corrected chi connectivity index (χ2v) is 5.32. The van der Waals surface area contributed by atoms with Crippen LogP contribution in [0.25, 0.3) is 5.65 Å². The fraction of sp³-hybridized carbons (Fsp3) is 0.188. The average molecular weight is 286 g/mol. The maximum atomic E-state index is 6.24. The van der Waals surface area contributed by atoms with Gasteiger partial charge in [0.2, 0.25) is 0 Å². The highest BCUT2D eigenvalue weighted by Crippen LogP contribution is 2.23. The Morgan fingerprint density at radius 1 is 1.20 bits per heavy atom. The van der Waals surface area contributed by atoms with Gasteiger partial charge in [-0.25, -0.2) is 4.98 Å². The molecule has 0 aliphatic heterocycles. The number of hydrogen-bond donors (Lipinski definition) is 1. The zero-order chi connectivity index (χ0) is 14.1. The predicted octanol–water partition coefficient (Wildman–Crippen LogP) is 4.22. The van der Waals surface area contributed by atoms with E-state index in [2.05, 4.69) is 20.8 Å². The minimum atomic E-state index is 0.694. The van der Waals surface area contributed by atoms with E-state index in [0.717, 1.165) is 33.3 Å². The number of imidazole rings is 1. The van der Waals surface area contributed by atoms with Crippen molar-refractivity contribution in [2.75, 3.05) is 5.32 Å². The van der Waals surface area contributed by atoms with Crippen LogP contribution in [0.2, 0.25) is 5.02 Å². The standard InChI is InChI=1S/C16H16ClN3/c1-11-6-7-14(13(17)9-11)18-10-15-12(2)19-16-5-3-4-8-20(15)16/h3-9,18H,10H2,1-2H3. The molecule has 0 bridgehead atoms. The van der Waals surface area contributed by atoms with Gasteiger partial charge >= 0.3 is 0 Å². The molecule has 0 aliphatic carbocycles. The van der Waals surface area contributed by atoms with Gasteiger partial charge in [-0.3, -0.25) is 0 Å². The van der Waals surface area contributed by atoms with Crippen LogP contribution >= 0.6 is 11.6 Å². The highest BCUT2D eigenvalue weighted by molar-refractivity contribution is 6.33. The molecule has 2 aromatic heterocycles. The molecular formula is C16H16ClN3. The number of fused-ring (bicyclic) bond motifs is 1. The summed E-state index contributed by atoms with van der Waals surface area (Å²) in [5.41, 5.74) is 5.26. The molecule has 20 heavy (non-hydrogen) atoms. The van der Waals surface area contributed by atoms with E-state index in [1.54, 1.807) is 0 Å². The van der Waals surface area contributed by atoms with Crippen LogP contribution in [0, 0.1) is 13.8 Å². The van der Waals surface area contributed by atoms with E-state index in [0.29, 0.717) is 6.54 Å². The molecule has 0 radical (unpaired) electrons. The smallest absolute Gasteiger partial charge is 0.137 e. The van der Waals surface area contributed by atoms with Crippen LogP contribution in [0.4, 0.5) is 5.69 Å². The fourth-order valence-electron chi connectivity index (χ4n) is 2.32. The van der Waals surface area contributed by atoms with Gasteiger partial charge in [0.25, 0.3) is 0 Å². The SMILES string of the molecule is Cc1ccc(NCc2c(C)nc3ccccn23)c(Cl)c1. The summed E-state index contributed by atoms with van der Waals surface area (Å²) < 4.78 is 2.10. The summed E-state index contributed by atoms with van der Waals surface area (Å²) in [5, 5.41) is 4.13. The lowest BCUT2D eigenvalue weighted by atomic mass is 10.2. The summed E-state index contributed by atoms with van der Waals surface area (Å²) >= 11 is 6.24. The van der Waals surface area contributed by atoms with Gasteiger partial charge in [0.1, 0.15) is 5.65 Å². The van der Waals surface area contributed by atoms with E-state index >= 15 is 0 Å². The van der Waals surface area contributed by atoms with Gasteiger partial charge in [0.05, 0.1) is 28.6 Å². The quantitative estimate of drug-likeness (QED) is 0.781. The average Bonchev–Trinajstić information content (AvgIpc) is 2.74. The summed E-state index contributed by atoms with van der Waals surface area (Å²) in [7, 11) is 0. The third-order valence-corrected chi connectivity index (χ3v) is 3.71. The van der Waals surface area contributed by atoms with Crippen molar-refractivity contribution in [3.8, 4) is 0 Å². The maximum Gasteiger partial charge on any atom is 0.137 e. The third-order valence-electron chi connectivity index (χ3n) is 3.40. The van der Waals surface area contributed by atoms with Crippen molar-refractivity contribution in [2.24, 2.45) is 0 Å². The zero-order valence-electron chi connectivity index (χ0n) is 11.5. The number of aryl methyl sites for hydroxylation is 2. The van der Waals surface area contributed by atoms with E-state index < -0.39 is 0 Å². The maximum absolute atomic E-state index is 6.24. The van der Waals surface area contributed by atoms with Crippen molar-refractivity contribution in [1.29, 1.82) is 0 Å². The molecule has 3 aromatic rings. The molecule has 0 amide bonds. The Labute approximate surface area is 123 Å². The second kappa shape index (κ2) is 5.17. The van der Waals surface area contributed by atoms with E-state index in [4.69, 9.17) is 11.6 Å². The first-order valence-corrected chi connectivity index (χ1v) is 6.95. The number of pyridine rings is 1. The van der Waals surface area contributed by atoms with Gasteiger partial charge < -0.3 is 9.72 Å². The summed E-state index contributed by atoms with van der Waals surface area (Å²) in [6.45, 7) is 4.75. The Morgan fingerprint density at radius 3 is 2.85 bits per heavy atom. The van der Waals surface area contributed by atoms with Gasteiger partial charge in [-0.1, -0.05) is 23.7 Å². The van der Waals surface area contributed by atoms with Crippen LogP contribution in [0.5, 0.6) is 0 Å². The Bertz CT molecular complexity index is 762. The van der Waals surface area contributed by atoms with Crippen molar-refractivity contribution in [2.45, 2.75) is 20.4 Å². The number of halogens is 1. The number of nitrogens with one attached hydrogen (secondary N) is 1. The van der Waals surface area contributed by atoms with E-state index in [-0.39, 0.29) is 0 Å². The van der Waals surface area contributed by atoms with Crippen LogP contribution < -0.4 is 5.32 Å². The van der Waals surface area contributed by atoms with Crippen LogP contribution in [-0.2, 0) is 6.54 Å². The van der Waals surface area contributed by atoms with E-state index in [1.807, 2.05) is 50.4 Å². The van der Waals surface area contributed by atoms with Crippen molar-refractivity contribution < 1.29 is 0 Å². The monoisotopic (exact) mass is 285 g/mol. The molecule has 0 saturated heterocycles. The molecule has 0 spiro atoms. The Morgan fingerprint density at radius 2 is 2.05 bits per heavy atom. The second-order valence-electron chi connectivity index (χ2n) is 4.91. The van der Waals surface area contributed by atoms with Gasteiger partial charge in [-0.2, -0.15) is 0 Å². The number of hydrogen-bond acceptors (Lipinski definition) is 2. The van der Waals surface area contributed by atoms with E-state index in [9.17, 15) is 0 Å². The number of rotatable bonds is 3. The zero-order valence-corrected chi connectivity index (χ0v) is 12.3. The number of nitrogens with zero attached hydrogens (tertiary/aromatic N) is 2. The molecule has 2 heterocycles. The minimum Gasteiger partial charge on any atom is -0.378 e. The molecule has 102 valence electrons. The van der Waals surface area contributed by atoms with Crippen LogP contribution in [0.15, 0.2) is 42.6 Å². The molecule has 0 aliphatic rings. The molecule has 0 saturated carbocycles. The topological polar surface area (TPSA) is 29.3 Å². The fourth-order valence-corrected chi connectivity index (χ4v) is 2.62. The van der Waals surface area contributed by atoms with Crippen molar-refractivity contribution in [1.82, 2.24) is 9.38 Å². The van der Waals surface area contributed by atoms with Crippen molar-refractivity contribution in [3.63, 3.8) is 0 Å². The summed E-state index contributed by atoms with van der Waals surface area (Å²) in [6.07, 6.45) is 2.03. The first-order valence-electron chi connectivity index (χ1n) is 6.58. The Hall–Kier alpha value is -2.00. The molecule has 3 rings (SSSR count). The Balaban J connectivity index is 1.88. The molecule has 1 aromatic carbocycles. The molecule has 0 atom stereocenters. The minimum absolute atomic E-state index is 0.694. The number of benzene rings is 1. The predicted molar refractivity (Wildman–Crippen MR) is 83.4 cm³/mol. The molecule has 0 fully saturated rings. The normalized spacial score (nSPS) is 10.9. The molecule has 3 nitrogen and oxygen atoms in total. The van der Waals surface area contributed by atoms with Crippen LogP contribution in [-0.4, -0.2) is 9.38 Å². The van der Waals surface area contributed by atoms with Gasteiger partial charge in [0, 0.05) is 6.20 Å². The summed E-state index contributed by atoms with van der Waals surface area (Å²) in [5.74, 6) is 0. The number of anilines is 1. The van der Waals surface area contributed by atoms with Gasteiger partial charge in [-0.05, 0) is 43.7 Å². The summed E-state index contributed by atoms with van der Waals surface area (Å²) in [4.78, 5) is 4.55. The van der Waals surface area contributed by atoms with Crippen molar-refractivity contribution >= 4 is 22.9 Å². The van der Waals surface area contributed by atoms with Crippen LogP contribution in [0.1, 0.15) is 17.0 Å². The highest BCUT2D eigenvalue weighted by Gasteiger charge is 2.08. The summed E-state index contributed by atoms with van der Waals surface area (Å²) in [6, 6.07) is 12.0. The largest absolute Gasteiger partial charge is 0.378 e. The van der Waals surface area contributed by atoms with Gasteiger partial charge in [0.15, 0.2) is 0 Å². The van der Waals surface area contributed by atoms with Crippen LogP contribution in [0.3, 0.4) is 0 Å². The lowest BCUT2D eigenvalue weighted by Gasteiger charge is -2.09. The molecule has 1 N–H and O–H groups in total. The Kier molecular flexibility index (Phi) is 3.36. The van der Waals surface area contributed by atoms with E-state index in [1.165, 1.54) is 0 Å². The lowest BCUT2D eigenvalue weighted by molar-refractivity contribution is 0.987. The first-order chi connectivity index (χ1) is 9.65. The first kappa shape index (κ1) is 13.0. The molecule has 0 unspecified atom stereocenters. The highest BCUT2D eigenvalue weighted by atomic mass is 35.5. The molecular weight excluding hydrogens is 270 g/mol. The van der Waals surface area contributed by atoms with Gasteiger partial charge in [-0.15, -0.1) is 0 Å². The molecule has 4 heteroatoms. The lowest BCUT2D eigenvalue weighted by Crippen LogP contribution is -2.04. The van der Waals surface area contributed by atoms with Crippen molar-refractivity contribution in [3.05, 3.63) is 64.6 Å².